The quantitative estimate of drug-likeness (QED) is 0.512. The highest BCUT2D eigenvalue weighted by Gasteiger charge is 2.25. The number of methoxy groups -OCH3 is 1. The van der Waals surface area contributed by atoms with Gasteiger partial charge in [0.05, 0.1) is 12.2 Å². The average molecular weight is 460 g/mol. The van der Waals surface area contributed by atoms with Crippen molar-refractivity contribution in [3.63, 3.8) is 0 Å². The zero-order chi connectivity index (χ0) is 21.0. The third-order valence-corrected chi connectivity index (χ3v) is 5.15. The van der Waals surface area contributed by atoms with Crippen LogP contribution in [0.5, 0.6) is 0 Å². The summed E-state index contributed by atoms with van der Waals surface area (Å²) < 4.78 is 11.3. The Morgan fingerprint density at radius 2 is 2.00 bits per heavy atom. The standard InChI is InChI=1S/C21H22BrN3O4/c1-4-25(9-10-28-3)21(27)17-11-15(12-23-17)20(26)18-13(2)29-24-19(18)14-5-7-16(22)8-6-14/h5-8,11-12,23H,4,9-10H2,1-3H3. The van der Waals surface area contributed by atoms with Crippen molar-refractivity contribution < 1.29 is 18.8 Å². The summed E-state index contributed by atoms with van der Waals surface area (Å²) in [6, 6.07) is 9.04. The Morgan fingerprint density at radius 1 is 1.28 bits per heavy atom. The number of nitrogens with zero attached hydrogens (tertiary/aromatic N) is 2. The number of benzene rings is 1. The summed E-state index contributed by atoms with van der Waals surface area (Å²) in [5.41, 5.74) is 2.37. The number of aromatic nitrogens is 2. The van der Waals surface area contributed by atoms with Gasteiger partial charge in [-0.1, -0.05) is 33.2 Å². The molecule has 0 aliphatic rings. The Balaban J connectivity index is 1.88. The predicted octanol–water partition coefficient (Wildman–Crippen LogP) is 4.08. The smallest absolute Gasteiger partial charge is 0.270 e. The number of hydrogen-bond donors (Lipinski definition) is 1. The van der Waals surface area contributed by atoms with Crippen LogP contribution in [0, 0.1) is 6.92 Å². The molecule has 0 aliphatic carbocycles. The van der Waals surface area contributed by atoms with E-state index in [1.54, 1.807) is 25.0 Å². The van der Waals surface area contributed by atoms with Crippen LogP contribution in [0.2, 0.25) is 0 Å². The maximum absolute atomic E-state index is 13.2. The van der Waals surface area contributed by atoms with E-state index in [2.05, 4.69) is 26.1 Å². The molecule has 0 atom stereocenters. The summed E-state index contributed by atoms with van der Waals surface area (Å²) in [7, 11) is 1.59. The molecule has 1 amide bonds. The highest BCUT2D eigenvalue weighted by Crippen LogP contribution is 2.28. The van der Waals surface area contributed by atoms with Gasteiger partial charge in [0.1, 0.15) is 17.1 Å². The van der Waals surface area contributed by atoms with Crippen LogP contribution in [-0.2, 0) is 4.74 Å². The Kier molecular flexibility index (Phi) is 6.66. The first kappa shape index (κ1) is 21.0. The minimum absolute atomic E-state index is 0.182. The molecule has 3 aromatic rings. The number of aryl methyl sites for hydroxylation is 1. The van der Waals surface area contributed by atoms with Crippen LogP contribution in [0.25, 0.3) is 11.3 Å². The number of nitrogens with one attached hydrogen (secondary N) is 1. The van der Waals surface area contributed by atoms with E-state index in [1.165, 1.54) is 6.20 Å². The molecule has 8 heteroatoms. The largest absolute Gasteiger partial charge is 0.383 e. The Labute approximate surface area is 177 Å². The van der Waals surface area contributed by atoms with Gasteiger partial charge in [0.25, 0.3) is 5.91 Å². The molecule has 29 heavy (non-hydrogen) atoms. The van der Waals surface area contributed by atoms with E-state index in [0.29, 0.717) is 48.0 Å². The highest BCUT2D eigenvalue weighted by atomic mass is 79.9. The lowest BCUT2D eigenvalue weighted by Crippen LogP contribution is -2.33. The number of aromatic amines is 1. The van der Waals surface area contributed by atoms with Crippen LogP contribution >= 0.6 is 15.9 Å². The van der Waals surface area contributed by atoms with Crippen molar-refractivity contribution in [1.82, 2.24) is 15.0 Å². The first-order valence-electron chi connectivity index (χ1n) is 9.19. The predicted molar refractivity (Wildman–Crippen MR) is 112 cm³/mol. The summed E-state index contributed by atoms with van der Waals surface area (Å²) in [5.74, 6) is -0.00652. The molecule has 0 saturated carbocycles. The van der Waals surface area contributed by atoms with Gasteiger partial charge < -0.3 is 19.1 Å². The van der Waals surface area contributed by atoms with Gasteiger partial charge in [-0.3, -0.25) is 9.59 Å². The molecule has 7 nitrogen and oxygen atoms in total. The minimum atomic E-state index is -0.253. The van der Waals surface area contributed by atoms with Gasteiger partial charge in [-0.05, 0) is 32.0 Å². The van der Waals surface area contributed by atoms with E-state index in [0.717, 1.165) is 10.0 Å². The van der Waals surface area contributed by atoms with Crippen molar-refractivity contribution in [3.05, 3.63) is 63.6 Å². The van der Waals surface area contributed by atoms with E-state index >= 15 is 0 Å². The molecule has 0 bridgehead atoms. The Morgan fingerprint density at radius 3 is 2.66 bits per heavy atom. The maximum atomic E-state index is 13.2. The first-order chi connectivity index (χ1) is 14.0. The number of ether oxygens (including phenoxy) is 1. The zero-order valence-corrected chi connectivity index (χ0v) is 18.1. The number of amides is 1. The van der Waals surface area contributed by atoms with Gasteiger partial charge in [-0.25, -0.2) is 0 Å². The fraction of sp³-hybridized carbons (Fsp3) is 0.286. The van der Waals surface area contributed by atoms with E-state index in [1.807, 2.05) is 31.2 Å². The molecule has 0 fully saturated rings. The monoisotopic (exact) mass is 459 g/mol. The fourth-order valence-corrected chi connectivity index (χ4v) is 3.28. The van der Waals surface area contributed by atoms with Crippen LogP contribution in [-0.4, -0.2) is 53.5 Å². The number of hydrogen-bond acceptors (Lipinski definition) is 5. The summed E-state index contributed by atoms with van der Waals surface area (Å²) in [5, 5.41) is 4.07. The van der Waals surface area contributed by atoms with Gasteiger partial charge in [-0.2, -0.15) is 0 Å². The lowest BCUT2D eigenvalue weighted by Gasteiger charge is -2.19. The van der Waals surface area contributed by atoms with Gasteiger partial charge in [0.15, 0.2) is 5.78 Å². The molecular formula is C21H22BrN3O4. The second-order valence-corrected chi connectivity index (χ2v) is 7.39. The Hall–Kier alpha value is -2.71. The van der Waals surface area contributed by atoms with Crippen LogP contribution < -0.4 is 0 Å². The second kappa shape index (κ2) is 9.19. The van der Waals surface area contributed by atoms with E-state index in [-0.39, 0.29) is 11.7 Å². The molecule has 0 spiro atoms. The molecule has 152 valence electrons. The van der Waals surface area contributed by atoms with Crippen LogP contribution in [0.15, 0.2) is 45.5 Å². The number of rotatable bonds is 8. The molecule has 0 radical (unpaired) electrons. The topological polar surface area (TPSA) is 88.4 Å². The summed E-state index contributed by atoms with van der Waals surface area (Å²) in [4.78, 5) is 30.4. The fourth-order valence-electron chi connectivity index (χ4n) is 3.01. The summed E-state index contributed by atoms with van der Waals surface area (Å²) in [6.07, 6.45) is 1.54. The molecule has 1 aromatic carbocycles. The number of H-pyrrole nitrogens is 1. The van der Waals surface area contributed by atoms with Crippen molar-refractivity contribution >= 4 is 27.6 Å². The molecule has 3 rings (SSSR count). The van der Waals surface area contributed by atoms with Gasteiger partial charge in [0.2, 0.25) is 0 Å². The number of halogens is 1. The molecular weight excluding hydrogens is 438 g/mol. The zero-order valence-electron chi connectivity index (χ0n) is 16.5. The van der Waals surface area contributed by atoms with Crippen LogP contribution in [0.1, 0.15) is 39.1 Å². The third-order valence-electron chi connectivity index (χ3n) is 4.62. The van der Waals surface area contributed by atoms with Gasteiger partial charge in [0, 0.05) is 42.0 Å². The highest BCUT2D eigenvalue weighted by molar-refractivity contribution is 9.10. The van der Waals surface area contributed by atoms with Crippen LogP contribution in [0.4, 0.5) is 0 Å². The molecule has 0 unspecified atom stereocenters. The second-order valence-electron chi connectivity index (χ2n) is 6.48. The number of likely N-dealkylation sites (N-methyl/N-ethyl adjacent to an activating group) is 1. The number of ketones is 1. The van der Waals surface area contributed by atoms with Gasteiger partial charge >= 0.3 is 0 Å². The van der Waals surface area contributed by atoms with E-state index in [4.69, 9.17) is 9.26 Å². The lowest BCUT2D eigenvalue weighted by molar-refractivity contribution is 0.0701. The molecule has 2 heterocycles. The van der Waals surface area contributed by atoms with E-state index < -0.39 is 0 Å². The van der Waals surface area contributed by atoms with Gasteiger partial charge in [-0.15, -0.1) is 0 Å². The summed E-state index contributed by atoms with van der Waals surface area (Å²) >= 11 is 3.40. The molecule has 0 aliphatic heterocycles. The van der Waals surface area contributed by atoms with Crippen molar-refractivity contribution in [2.75, 3.05) is 26.8 Å². The van der Waals surface area contributed by atoms with E-state index in [9.17, 15) is 9.59 Å². The molecule has 1 N–H and O–H groups in total. The minimum Gasteiger partial charge on any atom is -0.383 e. The van der Waals surface area contributed by atoms with Crippen molar-refractivity contribution in [1.29, 1.82) is 0 Å². The van der Waals surface area contributed by atoms with Crippen molar-refractivity contribution in [3.8, 4) is 11.3 Å². The SMILES string of the molecule is CCN(CCOC)C(=O)c1cc(C(=O)c2c(-c3ccc(Br)cc3)noc2C)c[nH]1. The first-order valence-corrected chi connectivity index (χ1v) is 9.99. The molecule has 2 aromatic heterocycles. The maximum Gasteiger partial charge on any atom is 0.270 e. The average Bonchev–Trinajstić information content (AvgIpc) is 3.36. The molecule has 0 saturated heterocycles. The third kappa shape index (κ3) is 4.49. The number of carbonyl (C=O) groups excluding carboxylic acids is 2. The van der Waals surface area contributed by atoms with Crippen molar-refractivity contribution in [2.24, 2.45) is 0 Å². The normalized spacial score (nSPS) is 10.9. The van der Waals surface area contributed by atoms with Crippen LogP contribution in [0.3, 0.4) is 0 Å². The summed E-state index contributed by atoms with van der Waals surface area (Å²) in [6.45, 7) is 5.07. The Bertz CT molecular complexity index is 1010. The lowest BCUT2D eigenvalue weighted by atomic mass is 9.99. The number of carbonyl (C=O) groups is 2. The van der Waals surface area contributed by atoms with Crippen molar-refractivity contribution in [2.45, 2.75) is 13.8 Å².